The van der Waals surface area contributed by atoms with Crippen LogP contribution in [-0.4, -0.2) is 51.8 Å². The van der Waals surface area contributed by atoms with Crippen molar-refractivity contribution in [2.24, 2.45) is 0 Å². The first-order valence-corrected chi connectivity index (χ1v) is 9.55. The highest BCUT2D eigenvalue weighted by atomic mass is 35.5. The molecule has 0 amide bonds. The Kier molecular flexibility index (Phi) is 4.77. The summed E-state index contributed by atoms with van der Waals surface area (Å²) in [5.74, 6) is 1.37. The number of aryl methyl sites for hydroxylation is 1. The number of hydrogen-bond donors (Lipinski definition) is 1. The number of aromatic nitrogens is 4. The monoisotopic (exact) mass is 390 g/mol. The minimum absolute atomic E-state index is 0.0571. The Bertz CT molecular complexity index is 887. The fourth-order valence-electron chi connectivity index (χ4n) is 3.80. The average molecular weight is 391 g/mol. The molecule has 0 radical (unpaired) electrons. The third-order valence-electron chi connectivity index (χ3n) is 4.92. The van der Waals surface area contributed by atoms with Crippen molar-refractivity contribution in [1.82, 2.24) is 19.9 Å². The fraction of sp³-hybridized carbons (Fsp3) is 0.556. The number of nitrogens with one attached hydrogen (secondary N) is 1. The second-order valence-corrected chi connectivity index (χ2v) is 7.62. The highest BCUT2D eigenvalue weighted by Gasteiger charge is 2.27. The van der Waals surface area contributed by atoms with Crippen molar-refractivity contribution in [3.8, 4) is 0 Å². The Morgan fingerprint density at radius 2 is 1.93 bits per heavy atom. The number of hydrogen-bond acceptors (Lipinski definition) is 7. The number of fused-ring (bicyclic) bond motifs is 1. The van der Waals surface area contributed by atoms with Gasteiger partial charge in [0.25, 0.3) is 5.56 Å². The smallest absolute Gasteiger partial charge is 0.255 e. The summed E-state index contributed by atoms with van der Waals surface area (Å²) in [5, 5.41) is 0.228. The van der Waals surface area contributed by atoms with Crippen LogP contribution in [0.4, 0.5) is 11.8 Å². The average Bonchev–Trinajstić information content (AvgIpc) is 2.59. The van der Waals surface area contributed by atoms with E-state index < -0.39 is 0 Å². The molecule has 8 nitrogen and oxygen atoms in total. The molecule has 2 atom stereocenters. The molecule has 2 aromatic rings. The molecule has 2 aliphatic heterocycles. The van der Waals surface area contributed by atoms with E-state index in [1.54, 1.807) is 0 Å². The van der Waals surface area contributed by atoms with Crippen LogP contribution < -0.4 is 15.4 Å². The van der Waals surface area contributed by atoms with Crippen LogP contribution in [0.3, 0.4) is 0 Å². The van der Waals surface area contributed by atoms with E-state index in [1.807, 2.05) is 26.8 Å². The molecule has 4 heterocycles. The van der Waals surface area contributed by atoms with Gasteiger partial charge in [-0.15, -0.1) is 0 Å². The van der Waals surface area contributed by atoms with Gasteiger partial charge in [-0.2, -0.15) is 0 Å². The fourth-order valence-corrected chi connectivity index (χ4v) is 4.02. The van der Waals surface area contributed by atoms with Crippen LogP contribution in [0.2, 0.25) is 5.28 Å². The number of rotatable bonds is 2. The largest absolute Gasteiger partial charge is 0.372 e. The number of aromatic amines is 1. The molecule has 2 aliphatic rings. The lowest BCUT2D eigenvalue weighted by Gasteiger charge is -2.36. The van der Waals surface area contributed by atoms with Gasteiger partial charge in [-0.1, -0.05) is 0 Å². The molecule has 4 rings (SSSR count). The van der Waals surface area contributed by atoms with E-state index in [-0.39, 0.29) is 23.1 Å². The summed E-state index contributed by atoms with van der Waals surface area (Å²) < 4.78 is 5.78. The van der Waals surface area contributed by atoms with Crippen LogP contribution in [0.25, 0.3) is 0 Å². The summed E-state index contributed by atoms with van der Waals surface area (Å²) in [7, 11) is 0. The predicted octanol–water partition coefficient (Wildman–Crippen LogP) is 1.70. The number of morpholine rings is 1. The molecule has 144 valence electrons. The number of nitrogens with zero attached hydrogens (tertiary/aromatic N) is 5. The first kappa shape index (κ1) is 18.2. The van der Waals surface area contributed by atoms with Gasteiger partial charge in [0.2, 0.25) is 11.2 Å². The number of ether oxygens (including phenoxy) is 1. The summed E-state index contributed by atoms with van der Waals surface area (Å²) in [4.78, 5) is 33.0. The van der Waals surface area contributed by atoms with E-state index in [1.165, 1.54) is 0 Å². The van der Waals surface area contributed by atoms with Crippen molar-refractivity contribution in [2.75, 3.05) is 29.4 Å². The zero-order valence-corrected chi connectivity index (χ0v) is 16.5. The minimum Gasteiger partial charge on any atom is -0.372 e. The Labute approximate surface area is 162 Å². The molecule has 1 N–H and O–H groups in total. The van der Waals surface area contributed by atoms with Gasteiger partial charge in [-0.25, -0.2) is 15.0 Å². The molecule has 0 bridgehead atoms. The van der Waals surface area contributed by atoms with E-state index in [2.05, 4.69) is 24.8 Å². The van der Waals surface area contributed by atoms with Crippen molar-refractivity contribution in [3.05, 3.63) is 38.7 Å². The Morgan fingerprint density at radius 3 is 2.63 bits per heavy atom. The maximum atomic E-state index is 12.6. The molecule has 0 aliphatic carbocycles. The maximum Gasteiger partial charge on any atom is 0.255 e. The van der Waals surface area contributed by atoms with Crippen LogP contribution in [0.5, 0.6) is 0 Å². The number of anilines is 2. The first-order chi connectivity index (χ1) is 12.9. The second-order valence-electron chi connectivity index (χ2n) is 7.29. The molecule has 1 fully saturated rings. The zero-order chi connectivity index (χ0) is 19.1. The molecule has 0 aromatic carbocycles. The molecular weight excluding hydrogens is 368 g/mol. The molecule has 27 heavy (non-hydrogen) atoms. The number of H-pyrrole nitrogens is 1. The Hall–Kier alpha value is -2.19. The molecule has 0 unspecified atom stereocenters. The molecule has 0 spiro atoms. The van der Waals surface area contributed by atoms with Crippen LogP contribution in [0, 0.1) is 6.92 Å². The van der Waals surface area contributed by atoms with E-state index in [9.17, 15) is 4.79 Å². The highest BCUT2D eigenvalue weighted by Crippen LogP contribution is 2.23. The van der Waals surface area contributed by atoms with Gasteiger partial charge in [-0.05, 0) is 38.8 Å². The molecule has 2 aromatic heterocycles. The van der Waals surface area contributed by atoms with Gasteiger partial charge >= 0.3 is 0 Å². The van der Waals surface area contributed by atoms with Crippen molar-refractivity contribution in [1.29, 1.82) is 0 Å². The van der Waals surface area contributed by atoms with E-state index in [0.29, 0.717) is 38.5 Å². The molecule has 9 heteroatoms. The SMILES string of the molecule is Cc1cc(N2CCc3c(nc(N4C[C@@H](C)O[C@H](C)C4)[nH]c3=O)C2)nc(Cl)n1. The Morgan fingerprint density at radius 1 is 1.19 bits per heavy atom. The van der Waals surface area contributed by atoms with Crippen LogP contribution in [0.1, 0.15) is 30.8 Å². The maximum absolute atomic E-state index is 12.6. The standard InChI is InChI=1S/C18H23ClN6O2/c1-10-6-15(22-17(19)20-10)24-5-4-13-14(9-24)21-18(23-16(13)26)25-7-11(2)27-12(3)8-25/h6,11-12H,4-5,7-9H2,1-3H3,(H,21,23,26)/t11-,12-/m1/s1. The highest BCUT2D eigenvalue weighted by molar-refractivity contribution is 6.28. The predicted molar refractivity (Wildman–Crippen MR) is 104 cm³/mol. The van der Waals surface area contributed by atoms with Gasteiger partial charge in [0, 0.05) is 37.0 Å². The van der Waals surface area contributed by atoms with Crippen molar-refractivity contribution in [3.63, 3.8) is 0 Å². The lowest BCUT2D eigenvalue weighted by Crippen LogP contribution is -2.47. The van der Waals surface area contributed by atoms with Gasteiger partial charge in [-0.3, -0.25) is 9.78 Å². The van der Waals surface area contributed by atoms with Gasteiger partial charge in [0.05, 0.1) is 24.4 Å². The normalized spacial score (nSPS) is 22.7. The number of halogens is 1. The van der Waals surface area contributed by atoms with Crippen molar-refractivity contribution >= 4 is 23.4 Å². The van der Waals surface area contributed by atoms with E-state index >= 15 is 0 Å². The minimum atomic E-state index is -0.0571. The molecule has 0 saturated carbocycles. The molecule has 1 saturated heterocycles. The van der Waals surface area contributed by atoms with Gasteiger partial charge in [0.1, 0.15) is 5.82 Å². The second kappa shape index (κ2) is 7.09. The van der Waals surface area contributed by atoms with E-state index in [0.717, 1.165) is 22.8 Å². The quantitative estimate of drug-likeness (QED) is 0.781. The first-order valence-electron chi connectivity index (χ1n) is 9.17. The van der Waals surface area contributed by atoms with Gasteiger partial charge in [0.15, 0.2) is 0 Å². The summed E-state index contributed by atoms with van der Waals surface area (Å²) in [6.45, 7) is 8.57. The zero-order valence-electron chi connectivity index (χ0n) is 15.7. The van der Waals surface area contributed by atoms with Crippen molar-refractivity contribution in [2.45, 2.75) is 45.9 Å². The third kappa shape index (κ3) is 3.77. The van der Waals surface area contributed by atoms with Crippen LogP contribution >= 0.6 is 11.6 Å². The van der Waals surface area contributed by atoms with Crippen LogP contribution in [-0.2, 0) is 17.7 Å². The lowest BCUT2D eigenvalue weighted by atomic mass is 10.1. The summed E-state index contributed by atoms with van der Waals surface area (Å²) in [6.07, 6.45) is 0.810. The summed E-state index contributed by atoms with van der Waals surface area (Å²) >= 11 is 6.01. The van der Waals surface area contributed by atoms with Crippen molar-refractivity contribution < 1.29 is 4.74 Å². The van der Waals surface area contributed by atoms with Crippen LogP contribution in [0.15, 0.2) is 10.9 Å². The lowest BCUT2D eigenvalue weighted by molar-refractivity contribution is -0.00575. The van der Waals surface area contributed by atoms with Gasteiger partial charge < -0.3 is 14.5 Å². The topological polar surface area (TPSA) is 87.2 Å². The Balaban J connectivity index is 1.64. The van der Waals surface area contributed by atoms with E-state index in [4.69, 9.17) is 21.3 Å². The third-order valence-corrected chi connectivity index (χ3v) is 5.09. The summed E-state index contributed by atoms with van der Waals surface area (Å²) in [5.41, 5.74) is 2.30. The summed E-state index contributed by atoms with van der Waals surface area (Å²) in [6, 6.07) is 1.90. The molecular formula is C18H23ClN6O2.